The maximum atomic E-state index is 12.4. The lowest BCUT2D eigenvalue weighted by Gasteiger charge is -2.43. The topological polar surface area (TPSA) is 170 Å². The molecule has 12 nitrogen and oxygen atoms in total. The second kappa shape index (κ2) is 10.8. The Kier molecular flexibility index (Phi) is 8.38. The first-order chi connectivity index (χ1) is 15.1. The van der Waals surface area contributed by atoms with E-state index in [2.05, 4.69) is 0 Å². The molecule has 32 heavy (non-hydrogen) atoms. The van der Waals surface area contributed by atoms with Gasteiger partial charge in [0.1, 0.15) is 5.75 Å². The van der Waals surface area contributed by atoms with Crippen LogP contribution in [0.1, 0.15) is 26.3 Å². The van der Waals surface area contributed by atoms with Crippen LogP contribution in [0, 0.1) is 0 Å². The van der Waals surface area contributed by atoms with E-state index in [1.54, 1.807) is 0 Å². The first-order valence-corrected chi connectivity index (χ1v) is 9.48. The quantitative estimate of drug-likeness (QED) is 0.317. The molecular weight excluding hydrogens is 430 g/mol. The van der Waals surface area contributed by atoms with Gasteiger partial charge in [-0.15, -0.1) is 0 Å². The van der Waals surface area contributed by atoms with Gasteiger partial charge in [-0.1, -0.05) is 6.07 Å². The molecule has 0 saturated carbocycles. The molecule has 1 heterocycles. The molecule has 0 aromatic heterocycles. The zero-order valence-corrected chi connectivity index (χ0v) is 17.9. The second-order valence-electron chi connectivity index (χ2n) is 6.82. The lowest BCUT2D eigenvalue weighted by Crippen LogP contribution is -2.64. The summed E-state index contributed by atoms with van der Waals surface area (Å²) in [6.07, 6.45) is -7.51. The second-order valence-corrected chi connectivity index (χ2v) is 6.82. The fourth-order valence-corrected chi connectivity index (χ4v) is 3.10. The molecule has 12 heteroatoms. The van der Waals surface area contributed by atoms with Gasteiger partial charge in [0.25, 0.3) is 0 Å². The van der Waals surface area contributed by atoms with Crippen LogP contribution in [0.25, 0.3) is 0 Å². The van der Waals surface area contributed by atoms with Crippen LogP contribution < -0.4 is 10.5 Å². The highest BCUT2D eigenvalue weighted by Gasteiger charge is 2.55. The number of carbonyl (C=O) groups excluding carboxylic acids is 4. The maximum absolute atomic E-state index is 12.4. The van der Waals surface area contributed by atoms with E-state index in [1.807, 2.05) is 0 Å². The highest BCUT2D eigenvalue weighted by atomic mass is 16.7. The molecule has 1 aliphatic heterocycles. The summed E-state index contributed by atoms with van der Waals surface area (Å²) in [6, 6.07) is 4.40. The van der Waals surface area contributed by atoms with E-state index in [1.165, 1.54) is 18.2 Å². The minimum absolute atomic E-state index is 0.0699. The summed E-state index contributed by atoms with van der Waals surface area (Å²) in [5.74, 6) is -3.28. The number of ether oxygens (including phenoxy) is 6. The van der Waals surface area contributed by atoms with Crippen molar-refractivity contribution in [2.24, 2.45) is 0 Å². The van der Waals surface area contributed by atoms with Crippen molar-refractivity contribution in [3.8, 4) is 5.75 Å². The Morgan fingerprint density at radius 3 is 2.03 bits per heavy atom. The minimum Gasteiger partial charge on any atom is -0.467 e. The van der Waals surface area contributed by atoms with Gasteiger partial charge in [0, 0.05) is 20.8 Å². The number of anilines is 1. The molecular formula is C20H25NO11. The van der Waals surface area contributed by atoms with Gasteiger partial charge in [0.15, 0.2) is 18.3 Å². The molecule has 2 rings (SSSR count). The summed E-state index contributed by atoms with van der Waals surface area (Å²) in [7, 11) is 1.08. The number of benzene rings is 1. The van der Waals surface area contributed by atoms with Crippen molar-refractivity contribution in [1.82, 2.24) is 0 Å². The van der Waals surface area contributed by atoms with Crippen molar-refractivity contribution in [2.45, 2.75) is 58.1 Å². The van der Waals surface area contributed by atoms with Crippen LogP contribution in [0.2, 0.25) is 0 Å². The summed E-state index contributed by atoms with van der Waals surface area (Å²) < 4.78 is 31.8. The number of aliphatic hydroxyl groups is 1. The lowest BCUT2D eigenvalue weighted by molar-refractivity contribution is -0.282. The molecule has 1 saturated heterocycles. The number of nitrogens with two attached hydrogens (primary N) is 1. The molecule has 1 aliphatic rings. The van der Waals surface area contributed by atoms with Crippen molar-refractivity contribution in [3.63, 3.8) is 0 Å². The van der Waals surface area contributed by atoms with Crippen molar-refractivity contribution >= 4 is 29.6 Å². The Bertz CT molecular complexity index is 871. The maximum Gasteiger partial charge on any atom is 0.339 e. The van der Waals surface area contributed by atoms with E-state index in [4.69, 9.17) is 34.2 Å². The van der Waals surface area contributed by atoms with E-state index in [0.29, 0.717) is 5.56 Å². The van der Waals surface area contributed by atoms with E-state index in [-0.39, 0.29) is 18.0 Å². The van der Waals surface area contributed by atoms with Gasteiger partial charge in [-0.05, 0) is 17.7 Å². The third kappa shape index (κ3) is 6.08. The number of hydrogen-bond acceptors (Lipinski definition) is 12. The highest BCUT2D eigenvalue weighted by molar-refractivity contribution is 5.77. The Hall–Kier alpha value is -3.38. The molecule has 1 unspecified atom stereocenters. The van der Waals surface area contributed by atoms with Gasteiger partial charge < -0.3 is 39.3 Å². The van der Waals surface area contributed by atoms with Gasteiger partial charge in [0.05, 0.1) is 19.4 Å². The van der Waals surface area contributed by atoms with Crippen LogP contribution in [0.5, 0.6) is 5.75 Å². The molecule has 5 atom stereocenters. The minimum atomic E-state index is -1.58. The predicted molar refractivity (Wildman–Crippen MR) is 105 cm³/mol. The number of esters is 4. The zero-order valence-electron chi connectivity index (χ0n) is 17.9. The van der Waals surface area contributed by atoms with Gasteiger partial charge in [0.2, 0.25) is 12.4 Å². The predicted octanol–water partition coefficient (Wildman–Crippen LogP) is -0.167. The number of hydrogen-bond donors (Lipinski definition) is 2. The third-order valence-corrected chi connectivity index (χ3v) is 4.33. The molecule has 1 aromatic rings. The normalized spacial score (nSPS) is 24.7. The molecule has 3 N–H and O–H groups in total. The van der Waals surface area contributed by atoms with Crippen molar-refractivity contribution in [1.29, 1.82) is 0 Å². The first-order valence-electron chi connectivity index (χ1n) is 9.48. The van der Waals surface area contributed by atoms with Gasteiger partial charge in [-0.3, -0.25) is 14.4 Å². The average Bonchev–Trinajstić information content (AvgIpc) is 2.71. The number of rotatable bonds is 7. The SMILES string of the molecule is COC(=O)C1O[C@@H](Oc2ccc(CO)cc2N)[C@H](OC(C)=O)[C@@H](OC(C)=O)[C@@H]1OC(C)=O. The van der Waals surface area contributed by atoms with Gasteiger partial charge in [-0.2, -0.15) is 0 Å². The van der Waals surface area contributed by atoms with E-state index in [9.17, 15) is 24.3 Å². The van der Waals surface area contributed by atoms with Crippen LogP contribution in [0.4, 0.5) is 5.69 Å². The number of carbonyl (C=O) groups is 4. The molecule has 0 bridgehead atoms. The standard InChI is InChI=1S/C20H25NO11/c1-9(23)28-15-16(29-10(2)24)18(30-11(3)25)20(32-17(15)19(26)27-4)31-14-6-5-12(8-22)7-13(14)21/h5-7,15-18,20,22H,8,21H2,1-4H3/t15-,16-,17?,18+,20+/m0/s1. The fourth-order valence-electron chi connectivity index (χ4n) is 3.10. The highest BCUT2D eigenvalue weighted by Crippen LogP contribution is 2.33. The number of methoxy groups -OCH3 is 1. The Morgan fingerprint density at radius 1 is 0.969 bits per heavy atom. The molecule has 1 fully saturated rings. The zero-order chi connectivity index (χ0) is 24.0. The summed E-state index contributed by atoms with van der Waals surface area (Å²) in [5, 5.41) is 9.24. The van der Waals surface area contributed by atoms with E-state index in [0.717, 1.165) is 27.9 Å². The van der Waals surface area contributed by atoms with Crippen LogP contribution in [0.3, 0.4) is 0 Å². The fraction of sp³-hybridized carbons (Fsp3) is 0.500. The third-order valence-electron chi connectivity index (χ3n) is 4.33. The van der Waals surface area contributed by atoms with Crippen LogP contribution in [-0.4, -0.2) is 66.8 Å². The van der Waals surface area contributed by atoms with Crippen LogP contribution in [0.15, 0.2) is 18.2 Å². The Balaban J connectivity index is 2.51. The van der Waals surface area contributed by atoms with Gasteiger partial charge >= 0.3 is 23.9 Å². The van der Waals surface area contributed by atoms with E-state index >= 15 is 0 Å². The molecule has 0 spiro atoms. The Labute approximate surface area is 183 Å². The summed E-state index contributed by atoms with van der Waals surface area (Å²) >= 11 is 0. The summed E-state index contributed by atoms with van der Waals surface area (Å²) in [5.41, 5.74) is 6.57. The number of aliphatic hydroxyl groups excluding tert-OH is 1. The number of nitrogen functional groups attached to an aromatic ring is 1. The van der Waals surface area contributed by atoms with E-state index < -0.39 is 54.6 Å². The molecule has 1 aromatic carbocycles. The Morgan fingerprint density at radius 2 is 1.53 bits per heavy atom. The molecule has 0 radical (unpaired) electrons. The smallest absolute Gasteiger partial charge is 0.339 e. The van der Waals surface area contributed by atoms with Crippen molar-refractivity contribution < 1.29 is 52.7 Å². The average molecular weight is 455 g/mol. The lowest BCUT2D eigenvalue weighted by atomic mass is 9.97. The summed E-state index contributed by atoms with van der Waals surface area (Å²) in [4.78, 5) is 47.6. The largest absolute Gasteiger partial charge is 0.467 e. The van der Waals surface area contributed by atoms with Crippen molar-refractivity contribution in [3.05, 3.63) is 23.8 Å². The molecule has 0 amide bonds. The summed E-state index contributed by atoms with van der Waals surface area (Å²) in [6.45, 7) is 2.99. The molecule has 176 valence electrons. The van der Waals surface area contributed by atoms with Crippen molar-refractivity contribution in [2.75, 3.05) is 12.8 Å². The van der Waals surface area contributed by atoms with Gasteiger partial charge in [-0.25, -0.2) is 4.79 Å². The molecule has 0 aliphatic carbocycles. The first kappa shape index (κ1) is 24.9. The monoisotopic (exact) mass is 455 g/mol. The van der Waals surface area contributed by atoms with Crippen LogP contribution >= 0.6 is 0 Å². The van der Waals surface area contributed by atoms with Crippen LogP contribution in [-0.2, 0) is 49.5 Å².